The van der Waals surface area contributed by atoms with Crippen molar-refractivity contribution in [1.29, 1.82) is 0 Å². The van der Waals surface area contributed by atoms with E-state index in [9.17, 15) is 12.8 Å². The fourth-order valence-electron chi connectivity index (χ4n) is 3.26. The molecule has 1 aliphatic rings. The van der Waals surface area contributed by atoms with Gasteiger partial charge in [-0.3, -0.25) is 0 Å². The summed E-state index contributed by atoms with van der Waals surface area (Å²) in [6, 6.07) is 8.45. The summed E-state index contributed by atoms with van der Waals surface area (Å²) < 4.78 is 41.2. The van der Waals surface area contributed by atoms with Crippen molar-refractivity contribution >= 4 is 15.8 Å². The molecule has 0 atom stereocenters. The zero-order valence-electron chi connectivity index (χ0n) is 15.7. The molecule has 1 saturated carbocycles. The predicted octanol–water partition coefficient (Wildman–Crippen LogP) is 3.31. The first-order valence-corrected chi connectivity index (χ1v) is 10.9. The van der Waals surface area contributed by atoms with Crippen LogP contribution in [0.25, 0.3) is 5.69 Å². The van der Waals surface area contributed by atoms with E-state index in [1.54, 1.807) is 30.7 Å². The zero-order chi connectivity index (χ0) is 19.4. The van der Waals surface area contributed by atoms with Crippen LogP contribution in [0.2, 0.25) is 0 Å². The van der Waals surface area contributed by atoms with Gasteiger partial charge in [0.2, 0.25) is 10.0 Å². The molecule has 1 fully saturated rings. The molecule has 1 heterocycles. The Kier molecular flexibility index (Phi) is 6.16. The lowest BCUT2D eigenvalue weighted by Gasteiger charge is -2.29. The molecule has 2 aromatic rings. The third-order valence-electron chi connectivity index (χ3n) is 5.07. The van der Waals surface area contributed by atoms with Gasteiger partial charge in [0.25, 0.3) is 0 Å². The summed E-state index contributed by atoms with van der Waals surface area (Å²) in [5, 5.41) is 7.56. The average Bonchev–Trinajstić information content (AvgIpc) is 3.10. The van der Waals surface area contributed by atoms with E-state index in [1.165, 1.54) is 12.1 Å². The topological polar surface area (TPSA) is 76.0 Å². The maximum Gasteiger partial charge on any atom is 0.213 e. The first-order valence-electron chi connectivity index (χ1n) is 9.40. The Morgan fingerprint density at radius 2 is 1.81 bits per heavy atom. The molecule has 2 N–H and O–H groups in total. The number of hydrogen-bond donors (Lipinski definition) is 2. The standard InChI is InChI=1S/C19H27FN4O2S/c1-14(2)27(25,26)21-13-15-3-7-17(8-4-15)22-19-11-12-24(23-19)18-9-5-16(20)6-10-18/h5-6,9-12,14-15,17,21H,3-4,7-8,13H2,1-2H3,(H,22,23)/t15-,17-. The Morgan fingerprint density at radius 1 is 1.15 bits per heavy atom. The van der Waals surface area contributed by atoms with Crippen molar-refractivity contribution in [2.45, 2.75) is 50.8 Å². The highest BCUT2D eigenvalue weighted by Crippen LogP contribution is 2.26. The van der Waals surface area contributed by atoms with Gasteiger partial charge in [-0.25, -0.2) is 22.2 Å². The third kappa shape index (κ3) is 5.29. The molecule has 1 aliphatic carbocycles. The minimum absolute atomic E-state index is 0.267. The molecular formula is C19H27FN4O2S. The van der Waals surface area contributed by atoms with Gasteiger partial charge in [-0.2, -0.15) is 5.10 Å². The van der Waals surface area contributed by atoms with Crippen LogP contribution < -0.4 is 10.0 Å². The quantitative estimate of drug-likeness (QED) is 0.755. The van der Waals surface area contributed by atoms with E-state index in [-0.39, 0.29) is 5.82 Å². The van der Waals surface area contributed by atoms with Crippen LogP contribution in [-0.2, 0) is 10.0 Å². The van der Waals surface area contributed by atoms with Gasteiger partial charge < -0.3 is 5.32 Å². The normalized spacial score (nSPS) is 20.7. The largest absolute Gasteiger partial charge is 0.366 e. The van der Waals surface area contributed by atoms with Crippen LogP contribution in [0.3, 0.4) is 0 Å². The monoisotopic (exact) mass is 394 g/mol. The number of nitrogens with zero attached hydrogens (tertiary/aromatic N) is 2. The summed E-state index contributed by atoms with van der Waals surface area (Å²) >= 11 is 0. The van der Waals surface area contributed by atoms with Crippen LogP contribution in [0.4, 0.5) is 10.2 Å². The Bertz CT molecular complexity index is 841. The molecule has 0 radical (unpaired) electrons. The lowest BCUT2D eigenvalue weighted by molar-refractivity contribution is 0.336. The van der Waals surface area contributed by atoms with E-state index in [4.69, 9.17) is 0 Å². The van der Waals surface area contributed by atoms with E-state index in [2.05, 4.69) is 15.1 Å². The molecule has 0 amide bonds. The first kappa shape index (κ1) is 19.8. The predicted molar refractivity (Wildman–Crippen MR) is 105 cm³/mol. The number of benzene rings is 1. The van der Waals surface area contributed by atoms with Gasteiger partial charge in [-0.15, -0.1) is 0 Å². The van der Waals surface area contributed by atoms with Gasteiger partial charge in [-0.1, -0.05) is 0 Å². The molecule has 6 nitrogen and oxygen atoms in total. The van der Waals surface area contributed by atoms with Crippen molar-refractivity contribution in [2.75, 3.05) is 11.9 Å². The van der Waals surface area contributed by atoms with Gasteiger partial charge in [0.1, 0.15) is 11.6 Å². The van der Waals surface area contributed by atoms with E-state index in [1.807, 2.05) is 12.3 Å². The number of nitrogens with one attached hydrogen (secondary N) is 2. The van der Waals surface area contributed by atoms with Crippen molar-refractivity contribution < 1.29 is 12.8 Å². The van der Waals surface area contributed by atoms with Crippen LogP contribution in [0.1, 0.15) is 39.5 Å². The molecule has 1 aromatic carbocycles. The highest BCUT2D eigenvalue weighted by molar-refractivity contribution is 7.90. The number of hydrogen-bond acceptors (Lipinski definition) is 4. The summed E-state index contributed by atoms with van der Waals surface area (Å²) in [4.78, 5) is 0. The summed E-state index contributed by atoms with van der Waals surface area (Å²) in [6.45, 7) is 3.90. The van der Waals surface area contributed by atoms with E-state index >= 15 is 0 Å². The second-order valence-electron chi connectivity index (χ2n) is 7.43. The van der Waals surface area contributed by atoms with E-state index in [0.717, 1.165) is 37.2 Å². The first-order chi connectivity index (χ1) is 12.8. The van der Waals surface area contributed by atoms with Gasteiger partial charge in [-0.05, 0) is 69.7 Å². The lowest BCUT2D eigenvalue weighted by atomic mass is 9.86. The summed E-state index contributed by atoms with van der Waals surface area (Å²) in [5.41, 5.74) is 0.811. The van der Waals surface area contributed by atoms with Crippen molar-refractivity contribution in [1.82, 2.24) is 14.5 Å². The van der Waals surface area contributed by atoms with Crippen LogP contribution in [-0.4, -0.2) is 36.0 Å². The molecule has 1 aromatic heterocycles. The van der Waals surface area contributed by atoms with Crippen molar-refractivity contribution in [3.05, 3.63) is 42.3 Å². The number of sulfonamides is 1. The van der Waals surface area contributed by atoms with E-state index in [0.29, 0.717) is 18.5 Å². The number of anilines is 1. The fraction of sp³-hybridized carbons (Fsp3) is 0.526. The maximum absolute atomic E-state index is 13.0. The molecule has 8 heteroatoms. The second kappa shape index (κ2) is 8.39. The average molecular weight is 395 g/mol. The zero-order valence-corrected chi connectivity index (χ0v) is 16.5. The molecule has 0 aliphatic heterocycles. The highest BCUT2D eigenvalue weighted by Gasteiger charge is 2.24. The summed E-state index contributed by atoms with van der Waals surface area (Å²) in [7, 11) is -3.19. The van der Waals surface area contributed by atoms with Gasteiger partial charge >= 0.3 is 0 Å². The molecular weight excluding hydrogens is 367 g/mol. The molecule has 0 unspecified atom stereocenters. The highest BCUT2D eigenvalue weighted by atomic mass is 32.2. The van der Waals surface area contributed by atoms with E-state index < -0.39 is 15.3 Å². The molecule has 3 rings (SSSR count). The number of rotatable bonds is 7. The molecule has 0 saturated heterocycles. The molecule has 0 bridgehead atoms. The minimum Gasteiger partial charge on any atom is -0.366 e. The van der Waals surface area contributed by atoms with Gasteiger partial charge in [0, 0.05) is 24.8 Å². The Balaban J connectivity index is 1.48. The number of halogens is 1. The Morgan fingerprint density at radius 3 is 2.44 bits per heavy atom. The fourth-order valence-corrected chi connectivity index (χ4v) is 4.06. The van der Waals surface area contributed by atoms with Crippen molar-refractivity contribution in [2.24, 2.45) is 5.92 Å². The van der Waals surface area contributed by atoms with Gasteiger partial charge in [0.05, 0.1) is 10.9 Å². The smallest absolute Gasteiger partial charge is 0.213 e. The second-order valence-corrected chi connectivity index (χ2v) is 9.75. The summed E-state index contributed by atoms with van der Waals surface area (Å²) in [6.07, 6.45) is 5.78. The lowest BCUT2D eigenvalue weighted by Crippen LogP contribution is -2.37. The van der Waals surface area contributed by atoms with Crippen molar-refractivity contribution in [3.63, 3.8) is 0 Å². The summed E-state index contributed by atoms with van der Waals surface area (Å²) in [5.74, 6) is 0.910. The number of aromatic nitrogens is 2. The Hall–Kier alpha value is -1.93. The van der Waals surface area contributed by atoms with Crippen LogP contribution in [0, 0.1) is 11.7 Å². The maximum atomic E-state index is 13.0. The SMILES string of the molecule is CC(C)S(=O)(=O)NC[C@H]1CC[C@H](Nc2ccn(-c3ccc(F)cc3)n2)CC1. The van der Waals surface area contributed by atoms with Gasteiger partial charge in [0.15, 0.2) is 0 Å². The van der Waals surface area contributed by atoms with Crippen molar-refractivity contribution in [3.8, 4) is 5.69 Å². The Labute approximate surface area is 160 Å². The van der Waals surface area contributed by atoms with Crippen LogP contribution in [0.5, 0.6) is 0 Å². The molecule has 148 valence electrons. The third-order valence-corrected chi connectivity index (χ3v) is 6.88. The molecule has 0 spiro atoms. The molecule has 27 heavy (non-hydrogen) atoms. The minimum atomic E-state index is -3.19. The van der Waals surface area contributed by atoms with Crippen LogP contribution in [0.15, 0.2) is 36.5 Å². The van der Waals surface area contributed by atoms with Crippen LogP contribution >= 0.6 is 0 Å².